The molecule has 26 heteroatoms. The van der Waals surface area contributed by atoms with Crippen LogP contribution < -0.4 is 0 Å². The van der Waals surface area contributed by atoms with E-state index in [-0.39, 0.29) is 65.1 Å². The van der Waals surface area contributed by atoms with Crippen molar-refractivity contribution in [3.63, 3.8) is 0 Å². The first-order valence-electron chi connectivity index (χ1n) is 29.4. The molecule has 4 heterocycles. The van der Waals surface area contributed by atoms with Gasteiger partial charge in [0.05, 0.1) is 54.6 Å². The van der Waals surface area contributed by atoms with Gasteiger partial charge in [0.1, 0.15) is 0 Å². The number of aliphatic hydroxyl groups excluding tert-OH is 4. The number of hydrogen-bond donors (Lipinski definition) is 4. The standard InChI is InChI=1S/4C12H12N2O4.4C5H12.2Rh/c4*1-18-11(16)9-7-14(12(17)13-9)10(15)8-5-3-2-4-6-8;4*1-5(2,3)4;;/h4*2-6,9H,7H2,1H3,(H,13,17);4*1-4H3;;/t4*9-;;;;;;/m0000....../s1. The third-order valence-electron chi connectivity index (χ3n) is 10.4. The van der Waals surface area contributed by atoms with Crippen LogP contribution in [0, 0.1) is 21.7 Å². The summed E-state index contributed by atoms with van der Waals surface area (Å²) in [6.45, 7) is 35.0. The van der Waals surface area contributed by atoms with E-state index in [2.05, 4.69) is 150 Å². The minimum absolute atomic E-state index is 0. The molecule has 4 atom stereocenters. The van der Waals surface area contributed by atoms with Crippen LogP contribution in [-0.2, 0) is 77.1 Å². The van der Waals surface area contributed by atoms with Gasteiger partial charge >= 0.3 is 23.9 Å². The van der Waals surface area contributed by atoms with Gasteiger partial charge in [-0.15, -0.1) is 0 Å². The monoisotopic (exact) mass is 1490 g/mol. The Bertz CT molecular complexity index is 2720. The summed E-state index contributed by atoms with van der Waals surface area (Å²) in [6.07, 6.45) is 0. The SMILES string of the molecule is CC(C)(C)C.CC(C)(C)C.CC(C)(C)C.CC(C)(C)C.COC(=O)[C@@H]1CN(C(=O)c2ccccc2)C(O)=N1.COC(=O)[C@@H]1CN(C(=O)c2ccccc2)C(O)=N1.COC(=O)[C@@H]1CN(C(=O)c2ccccc2)C(O)=N1.COC(=O)[C@@H]1CN(C(=O)c2ccccc2)C(O)=N1.[Rh].[Rh]. The number of esters is 4. The largest absolute Gasteiger partial charge is 0.480 e. The van der Waals surface area contributed by atoms with Crippen LogP contribution in [0.1, 0.15) is 152 Å². The molecular weight excluding hydrogens is 1390 g/mol. The Balaban J connectivity index is 0. The van der Waals surface area contributed by atoms with Crippen LogP contribution in [0.25, 0.3) is 0 Å². The molecule has 8 rings (SSSR count). The molecule has 0 fully saturated rings. The smallest absolute Gasteiger partial charge is 0.332 e. The maximum atomic E-state index is 12.0. The number of aliphatic hydroxyl groups is 4. The molecule has 4 aromatic carbocycles. The molecule has 94 heavy (non-hydrogen) atoms. The first-order chi connectivity index (χ1) is 42.5. The molecule has 2 radical (unpaired) electrons. The quantitative estimate of drug-likeness (QED) is 0.0724. The van der Waals surface area contributed by atoms with E-state index < -0.39 is 95.8 Å². The van der Waals surface area contributed by atoms with Crippen LogP contribution in [0.2, 0.25) is 0 Å². The predicted octanol–water partition coefficient (Wildman–Crippen LogP) is 10.6. The Morgan fingerprint density at radius 3 is 0.553 bits per heavy atom. The van der Waals surface area contributed by atoms with Crippen molar-refractivity contribution in [3.05, 3.63) is 144 Å². The van der Waals surface area contributed by atoms with E-state index in [0.717, 1.165) is 19.6 Å². The van der Waals surface area contributed by atoms with Crippen LogP contribution in [0.3, 0.4) is 0 Å². The Labute approximate surface area is 579 Å². The van der Waals surface area contributed by atoms with E-state index in [0.29, 0.717) is 43.9 Å². The van der Waals surface area contributed by atoms with Crippen LogP contribution in [0.5, 0.6) is 0 Å². The molecule has 4 amide bonds. The third kappa shape index (κ3) is 35.2. The Morgan fingerprint density at radius 2 is 0.436 bits per heavy atom. The second-order valence-corrected chi connectivity index (χ2v) is 27.0. The molecule has 4 aliphatic rings. The average Bonchev–Trinajstić information content (AvgIpc) is 1.72. The van der Waals surface area contributed by atoms with Crippen LogP contribution >= 0.6 is 0 Å². The molecule has 4 aliphatic heterocycles. The summed E-state index contributed by atoms with van der Waals surface area (Å²) in [6, 6.07) is 28.6. The zero-order valence-electron chi connectivity index (χ0n) is 57.6. The number of rotatable bonds is 8. The second-order valence-electron chi connectivity index (χ2n) is 27.0. The summed E-state index contributed by atoms with van der Waals surface area (Å²) in [7, 11) is 4.93. The third-order valence-corrected chi connectivity index (χ3v) is 10.4. The van der Waals surface area contributed by atoms with Crippen molar-refractivity contribution in [2.45, 2.75) is 135 Å². The zero-order chi connectivity index (χ0) is 70.5. The number of carbonyl (C=O) groups excluding carboxylic acids is 8. The van der Waals surface area contributed by atoms with E-state index >= 15 is 0 Å². The van der Waals surface area contributed by atoms with Gasteiger partial charge in [-0.05, 0) is 70.2 Å². The molecule has 522 valence electrons. The Kier molecular flexibility index (Phi) is 38.7. The molecule has 0 saturated heterocycles. The summed E-state index contributed by atoms with van der Waals surface area (Å²) in [5.74, 6) is -3.91. The summed E-state index contributed by atoms with van der Waals surface area (Å²) in [4.78, 5) is 112. The topological polar surface area (TPSA) is 317 Å². The van der Waals surface area contributed by atoms with E-state index in [1.165, 1.54) is 28.4 Å². The van der Waals surface area contributed by atoms with Crippen molar-refractivity contribution < 1.29 is 117 Å². The fourth-order valence-corrected chi connectivity index (χ4v) is 6.71. The first kappa shape index (κ1) is 87.8. The molecule has 24 nitrogen and oxygen atoms in total. The van der Waals surface area contributed by atoms with Gasteiger partial charge in [-0.3, -0.25) is 38.8 Å². The minimum Gasteiger partial charge on any atom is -0.480 e. The molecule has 0 unspecified atom stereocenters. The van der Waals surface area contributed by atoms with Crippen molar-refractivity contribution in [1.29, 1.82) is 0 Å². The first-order valence-corrected chi connectivity index (χ1v) is 29.4. The number of aliphatic imine (C=N–C) groups is 4. The van der Waals surface area contributed by atoms with Gasteiger partial charge in [0.2, 0.25) is 0 Å². The molecule has 0 aromatic heterocycles. The Hall–Kier alpha value is -8.23. The maximum Gasteiger partial charge on any atom is 0.332 e. The normalized spacial score (nSPS) is 16.6. The van der Waals surface area contributed by atoms with E-state index in [1.54, 1.807) is 121 Å². The summed E-state index contributed by atoms with van der Waals surface area (Å²) in [5.41, 5.74) is 3.68. The molecule has 0 spiro atoms. The summed E-state index contributed by atoms with van der Waals surface area (Å²) >= 11 is 0. The zero-order valence-corrected chi connectivity index (χ0v) is 60.9. The van der Waals surface area contributed by atoms with Crippen molar-refractivity contribution in [2.75, 3.05) is 54.6 Å². The predicted molar refractivity (Wildman–Crippen MR) is 354 cm³/mol. The van der Waals surface area contributed by atoms with Crippen LogP contribution in [0.4, 0.5) is 0 Å². The average molecular weight is 1490 g/mol. The molecule has 4 aromatic rings. The van der Waals surface area contributed by atoms with Gasteiger partial charge in [-0.1, -0.05) is 184 Å². The minimum atomic E-state index is -0.859. The fourth-order valence-electron chi connectivity index (χ4n) is 6.71. The van der Waals surface area contributed by atoms with Gasteiger partial charge in [-0.2, -0.15) is 0 Å². The number of amidine groups is 4. The number of ether oxygens (including phenoxy) is 4. The van der Waals surface area contributed by atoms with Crippen molar-refractivity contribution >= 4 is 71.6 Å². The number of carbonyl (C=O) groups is 8. The number of benzene rings is 4. The van der Waals surface area contributed by atoms with Gasteiger partial charge in [0, 0.05) is 61.2 Å². The van der Waals surface area contributed by atoms with Gasteiger partial charge in [0.15, 0.2) is 24.2 Å². The second kappa shape index (κ2) is 41.5. The van der Waals surface area contributed by atoms with Crippen LogP contribution in [0.15, 0.2) is 141 Å². The van der Waals surface area contributed by atoms with Gasteiger partial charge < -0.3 is 39.4 Å². The number of hydrogen-bond acceptors (Lipinski definition) is 16. The van der Waals surface area contributed by atoms with Crippen molar-refractivity contribution in [3.8, 4) is 0 Å². The Morgan fingerprint density at radius 1 is 0.309 bits per heavy atom. The van der Waals surface area contributed by atoms with Crippen LogP contribution in [-0.4, -0.2) is 190 Å². The molecule has 4 N–H and O–H groups in total. The molecular formula is C68H96N8O16Rh2. The summed E-state index contributed by atoms with van der Waals surface area (Å²) < 4.78 is 18.1. The summed E-state index contributed by atoms with van der Waals surface area (Å²) in [5, 5.41) is 38.3. The van der Waals surface area contributed by atoms with Gasteiger partial charge in [-0.25, -0.2) is 39.1 Å². The van der Waals surface area contributed by atoms with E-state index in [1.807, 2.05) is 0 Å². The van der Waals surface area contributed by atoms with Crippen molar-refractivity contribution in [1.82, 2.24) is 19.6 Å². The maximum absolute atomic E-state index is 12.0. The number of amides is 4. The van der Waals surface area contributed by atoms with Gasteiger partial charge in [0.25, 0.3) is 47.7 Å². The fraction of sp³-hybridized carbons (Fsp3) is 0.471. The molecule has 0 saturated carbocycles. The van der Waals surface area contributed by atoms with E-state index in [9.17, 15) is 58.8 Å². The van der Waals surface area contributed by atoms with Crippen molar-refractivity contribution in [2.24, 2.45) is 41.6 Å². The number of nitrogens with zero attached hydrogens (tertiary/aromatic N) is 8. The molecule has 0 aliphatic carbocycles. The number of methoxy groups -OCH3 is 4. The molecule has 0 bridgehead atoms. The van der Waals surface area contributed by atoms with E-state index in [4.69, 9.17) is 0 Å².